The van der Waals surface area contributed by atoms with Gasteiger partial charge in [0, 0.05) is 44.6 Å². The zero-order valence-electron chi connectivity index (χ0n) is 15.7. The lowest BCUT2D eigenvalue weighted by molar-refractivity contribution is -0.384. The van der Waals surface area contributed by atoms with Gasteiger partial charge in [0.2, 0.25) is 10.0 Å². The molecule has 10 heteroatoms. The van der Waals surface area contributed by atoms with Gasteiger partial charge in [0.25, 0.3) is 5.69 Å². The summed E-state index contributed by atoms with van der Waals surface area (Å²) in [4.78, 5) is 14.9. The van der Waals surface area contributed by atoms with E-state index in [1.807, 2.05) is 10.8 Å². The smallest absolute Gasteiger partial charge is 0.293 e. The summed E-state index contributed by atoms with van der Waals surface area (Å²) in [6, 6.07) is 4.10. The van der Waals surface area contributed by atoms with Crippen molar-refractivity contribution in [3.05, 3.63) is 47.0 Å². The quantitative estimate of drug-likeness (QED) is 0.409. The molecule has 0 radical (unpaired) electrons. The monoisotopic (exact) mass is 407 g/mol. The van der Waals surface area contributed by atoms with Gasteiger partial charge < -0.3 is 9.88 Å². The van der Waals surface area contributed by atoms with Crippen molar-refractivity contribution in [2.75, 3.05) is 25.0 Å². The van der Waals surface area contributed by atoms with Gasteiger partial charge in [-0.1, -0.05) is 12.8 Å². The summed E-state index contributed by atoms with van der Waals surface area (Å²) in [5.41, 5.74) is 0.101. The minimum atomic E-state index is -3.72. The molecule has 2 heterocycles. The number of nitrogens with one attached hydrogen (secondary N) is 1. The molecular weight excluding hydrogens is 382 g/mol. The first-order valence-corrected chi connectivity index (χ1v) is 10.9. The molecule has 1 aliphatic heterocycles. The Balaban J connectivity index is 1.72. The third-order valence-corrected chi connectivity index (χ3v) is 6.73. The lowest BCUT2D eigenvalue weighted by Gasteiger charge is -2.20. The summed E-state index contributed by atoms with van der Waals surface area (Å²) in [6.07, 6.45) is 9.66. The van der Waals surface area contributed by atoms with Crippen molar-refractivity contribution in [3.8, 4) is 0 Å². The number of nitro groups is 1. The molecule has 28 heavy (non-hydrogen) atoms. The Kier molecular flexibility index (Phi) is 6.63. The van der Waals surface area contributed by atoms with Gasteiger partial charge in [-0.25, -0.2) is 13.4 Å². The van der Waals surface area contributed by atoms with E-state index in [0.717, 1.165) is 38.6 Å². The van der Waals surface area contributed by atoms with Crippen molar-refractivity contribution < 1.29 is 13.3 Å². The predicted octanol–water partition coefficient (Wildman–Crippen LogP) is 2.86. The van der Waals surface area contributed by atoms with E-state index < -0.39 is 14.9 Å². The molecule has 0 atom stereocenters. The van der Waals surface area contributed by atoms with E-state index in [9.17, 15) is 18.5 Å². The number of benzene rings is 1. The Hall–Kier alpha value is -2.46. The standard InChI is InChI=1S/C18H25N5O4S/c24-23(25)18-14-16(28(26,27)22-11-3-1-2-4-12-22)6-7-17(18)20-8-5-10-21-13-9-19-15-21/h6-7,9,13-15,20H,1-5,8,10-12H2. The van der Waals surface area contributed by atoms with E-state index in [0.29, 0.717) is 25.3 Å². The van der Waals surface area contributed by atoms with Crippen LogP contribution in [0, 0.1) is 10.1 Å². The summed E-state index contributed by atoms with van der Waals surface area (Å²) in [7, 11) is -3.72. The average Bonchev–Trinajstić information content (AvgIpc) is 3.04. The fourth-order valence-electron chi connectivity index (χ4n) is 3.31. The van der Waals surface area contributed by atoms with Crippen LogP contribution in [0.2, 0.25) is 0 Å². The number of rotatable bonds is 8. The molecule has 0 aliphatic carbocycles. The lowest BCUT2D eigenvalue weighted by atomic mass is 10.2. The van der Waals surface area contributed by atoms with Crippen molar-refractivity contribution in [2.45, 2.75) is 43.5 Å². The van der Waals surface area contributed by atoms with Crippen molar-refractivity contribution in [2.24, 2.45) is 0 Å². The van der Waals surface area contributed by atoms with Gasteiger partial charge in [0.15, 0.2) is 0 Å². The molecule has 1 aromatic carbocycles. The van der Waals surface area contributed by atoms with Gasteiger partial charge in [-0.05, 0) is 31.4 Å². The summed E-state index contributed by atoms with van der Waals surface area (Å²) < 4.78 is 29.1. The second kappa shape index (κ2) is 9.16. The van der Waals surface area contributed by atoms with E-state index in [4.69, 9.17) is 0 Å². The first-order valence-electron chi connectivity index (χ1n) is 9.47. The normalized spacial score (nSPS) is 15.9. The number of imidazole rings is 1. The van der Waals surface area contributed by atoms with Crippen LogP contribution in [0.5, 0.6) is 0 Å². The Morgan fingerprint density at radius 2 is 1.93 bits per heavy atom. The molecule has 1 saturated heterocycles. The maximum atomic E-state index is 12.9. The summed E-state index contributed by atoms with van der Waals surface area (Å²) in [5.74, 6) is 0. The molecule has 3 rings (SSSR count). The first-order chi connectivity index (χ1) is 13.5. The molecule has 1 fully saturated rings. The highest BCUT2D eigenvalue weighted by atomic mass is 32.2. The lowest BCUT2D eigenvalue weighted by Crippen LogP contribution is -2.32. The molecule has 9 nitrogen and oxygen atoms in total. The fourth-order valence-corrected chi connectivity index (χ4v) is 4.84. The third-order valence-electron chi connectivity index (χ3n) is 4.84. The molecule has 0 saturated carbocycles. The van der Waals surface area contributed by atoms with Gasteiger partial charge in [-0.15, -0.1) is 0 Å². The van der Waals surface area contributed by atoms with E-state index in [-0.39, 0.29) is 10.6 Å². The molecular formula is C18H25N5O4S. The van der Waals surface area contributed by atoms with Crippen LogP contribution in [-0.2, 0) is 16.6 Å². The molecule has 1 aromatic heterocycles. The SMILES string of the molecule is O=[N+]([O-])c1cc(S(=O)(=O)N2CCCCCC2)ccc1NCCCn1ccnc1. The molecule has 1 aliphatic rings. The maximum Gasteiger partial charge on any atom is 0.293 e. The van der Waals surface area contributed by atoms with Crippen LogP contribution in [0.15, 0.2) is 41.8 Å². The number of anilines is 1. The van der Waals surface area contributed by atoms with Crippen LogP contribution in [0.4, 0.5) is 11.4 Å². The van der Waals surface area contributed by atoms with Crippen LogP contribution in [-0.4, -0.2) is 46.8 Å². The minimum absolute atomic E-state index is 0.0231. The molecule has 0 amide bonds. The van der Waals surface area contributed by atoms with Gasteiger partial charge >= 0.3 is 0 Å². The van der Waals surface area contributed by atoms with Gasteiger partial charge in [-0.3, -0.25) is 10.1 Å². The van der Waals surface area contributed by atoms with Crippen molar-refractivity contribution >= 4 is 21.4 Å². The number of nitrogens with zero attached hydrogens (tertiary/aromatic N) is 4. The van der Waals surface area contributed by atoms with Gasteiger partial charge in [0.1, 0.15) is 5.69 Å². The van der Waals surface area contributed by atoms with Gasteiger partial charge in [-0.2, -0.15) is 4.31 Å². The number of hydrogen-bond donors (Lipinski definition) is 1. The highest BCUT2D eigenvalue weighted by molar-refractivity contribution is 7.89. The van der Waals surface area contributed by atoms with Crippen LogP contribution in [0.3, 0.4) is 0 Å². The molecule has 0 bridgehead atoms. The van der Waals surface area contributed by atoms with Crippen molar-refractivity contribution in [1.82, 2.24) is 13.9 Å². The zero-order chi connectivity index (χ0) is 20.0. The Morgan fingerprint density at radius 1 is 1.18 bits per heavy atom. The summed E-state index contributed by atoms with van der Waals surface area (Å²) >= 11 is 0. The van der Waals surface area contributed by atoms with Crippen molar-refractivity contribution in [1.29, 1.82) is 0 Å². The molecule has 1 N–H and O–H groups in total. The summed E-state index contributed by atoms with van der Waals surface area (Å²) in [6.45, 7) is 2.19. The molecule has 2 aromatic rings. The fraction of sp³-hybridized carbons (Fsp3) is 0.500. The number of aromatic nitrogens is 2. The Morgan fingerprint density at radius 3 is 2.57 bits per heavy atom. The van der Waals surface area contributed by atoms with Gasteiger partial charge in [0.05, 0.1) is 16.1 Å². The zero-order valence-corrected chi connectivity index (χ0v) is 16.5. The van der Waals surface area contributed by atoms with Crippen LogP contribution < -0.4 is 5.32 Å². The highest BCUT2D eigenvalue weighted by Gasteiger charge is 2.27. The van der Waals surface area contributed by atoms with E-state index in [2.05, 4.69) is 10.3 Å². The maximum absolute atomic E-state index is 12.9. The largest absolute Gasteiger partial charge is 0.379 e. The minimum Gasteiger partial charge on any atom is -0.379 e. The summed E-state index contributed by atoms with van der Waals surface area (Å²) in [5, 5.41) is 14.5. The van der Waals surface area contributed by atoms with Crippen LogP contribution in [0.25, 0.3) is 0 Å². The Bertz CT molecular complexity index is 891. The van der Waals surface area contributed by atoms with Crippen LogP contribution >= 0.6 is 0 Å². The second-order valence-corrected chi connectivity index (χ2v) is 8.77. The van der Waals surface area contributed by atoms with E-state index in [1.165, 1.54) is 22.5 Å². The Labute approximate surface area is 164 Å². The predicted molar refractivity (Wildman–Crippen MR) is 106 cm³/mol. The van der Waals surface area contributed by atoms with Crippen molar-refractivity contribution in [3.63, 3.8) is 0 Å². The van der Waals surface area contributed by atoms with Crippen LogP contribution in [0.1, 0.15) is 32.1 Å². The first kappa shape index (κ1) is 20.3. The molecule has 152 valence electrons. The van der Waals surface area contributed by atoms with E-state index in [1.54, 1.807) is 12.5 Å². The number of hydrogen-bond acceptors (Lipinski definition) is 6. The highest BCUT2D eigenvalue weighted by Crippen LogP contribution is 2.29. The number of sulfonamides is 1. The number of aryl methyl sites for hydroxylation is 1. The topological polar surface area (TPSA) is 110 Å². The average molecular weight is 407 g/mol. The second-order valence-electron chi connectivity index (χ2n) is 6.84. The molecule has 0 unspecified atom stereocenters. The number of nitro benzene ring substituents is 1. The molecule has 0 spiro atoms. The van der Waals surface area contributed by atoms with E-state index >= 15 is 0 Å². The third kappa shape index (κ3) is 4.87.